The largest absolute Gasteiger partial charge is 0.469 e. The molecular weight excluding hydrogens is 274 g/mol. The first kappa shape index (κ1) is 17.4. The molecule has 1 rings (SSSR count). The van der Waals surface area contributed by atoms with E-state index in [-0.39, 0.29) is 11.9 Å². The Hall–Kier alpha value is -1.64. The zero-order valence-corrected chi connectivity index (χ0v) is 11.4. The van der Waals surface area contributed by atoms with Crippen LogP contribution in [0.2, 0.25) is 0 Å². The Labute approximate surface area is 112 Å². The molecule has 0 aromatic heterocycles. The first-order valence-corrected chi connectivity index (χ1v) is 6.71. The number of rotatable bonds is 3. The smallest absolute Gasteiger partial charge is 0.394 e. The van der Waals surface area contributed by atoms with Gasteiger partial charge >= 0.3 is 16.4 Å². The van der Waals surface area contributed by atoms with Gasteiger partial charge < -0.3 is 10.5 Å². The summed E-state index contributed by atoms with van der Waals surface area (Å²) in [5.74, 6) is -0.377. The van der Waals surface area contributed by atoms with Gasteiger partial charge in [0.25, 0.3) is 0 Å². The van der Waals surface area contributed by atoms with E-state index in [0.717, 1.165) is 12.0 Å². The Morgan fingerprint density at radius 2 is 1.74 bits per heavy atom. The molecule has 0 aliphatic rings. The summed E-state index contributed by atoms with van der Waals surface area (Å²) < 4.78 is 36.3. The van der Waals surface area contributed by atoms with Crippen molar-refractivity contribution in [2.24, 2.45) is 0 Å². The van der Waals surface area contributed by atoms with Gasteiger partial charge in [0.1, 0.15) is 0 Å². The van der Waals surface area contributed by atoms with Crippen LogP contribution < -0.4 is 5.73 Å². The molecule has 7 nitrogen and oxygen atoms in total. The molecule has 4 N–H and O–H groups in total. The van der Waals surface area contributed by atoms with Crippen LogP contribution in [0.25, 0.3) is 0 Å². The third kappa shape index (κ3) is 8.14. The summed E-state index contributed by atoms with van der Waals surface area (Å²) >= 11 is 0. The highest BCUT2D eigenvalue weighted by Crippen LogP contribution is 2.21. The van der Waals surface area contributed by atoms with Crippen molar-refractivity contribution in [2.45, 2.75) is 19.3 Å². The molecule has 0 aliphatic carbocycles. The summed E-state index contributed by atoms with van der Waals surface area (Å²) in [6.07, 6.45) is 0.733. The maximum atomic E-state index is 11.4. The van der Waals surface area contributed by atoms with E-state index in [1.54, 1.807) is 12.1 Å². The lowest BCUT2D eigenvalue weighted by atomic mass is 9.96. The Bertz CT molecular complexity index is 488. The Morgan fingerprint density at radius 3 is 2.05 bits per heavy atom. The van der Waals surface area contributed by atoms with Crippen LogP contribution >= 0.6 is 0 Å². The summed E-state index contributed by atoms with van der Waals surface area (Å²) in [5.41, 5.74) is 7.22. The summed E-state index contributed by atoms with van der Waals surface area (Å²) in [6.45, 7) is 1.96. The van der Waals surface area contributed by atoms with Gasteiger partial charge in [0.05, 0.1) is 13.0 Å². The Kier molecular flexibility index (Phi) is 7.05. The number of nitrogen functional groups attached to an aromatic ring is 1. The van der Waals surface area contributed by atoms with E-state index in [1.807, 2.05) is 19.1 Å². The van der Waals surface area contributed by atoms with Crippen LogP contribution in [0, 0.1) is 0 Å². The van der Waals surface area contributed by atoms with Gasteiger partial charge in [-0.05, 0) is 24.1 Å². The van der Waals surface area contributed by atoms with Gasteiger partial charge in [-0.15, -0.1) is 0 Å². The quantitative estimate of drug-likeness (QED) is 0.435. The average Bonchev–Trinajstić information content (AvgIpc) is 2.30. The molecule has 0 radical (unpaired) electrons. The fraction of sp³-hybridized carbons (Fsp3) is 0.364. The highest BCUT2D eigenvalue weighted by atomic mass is 32.3. The second kappa shape index (κ2) is 7.72. The first-order chi connectivity index (χ1) is 8.69. The van der Waals surface area contributed by atoms with E-state index in [0.29, 0.717) is 5.69 Å². The van der Waals surface area contributed by atoms with Crippen molar-refractivity contribution in [2.75, 3.05) is 12.8 Å². The number of carbonyl (C=O) groups excluding carboxylic acids is 1. The number of nitrogens with two attached hydrogens (primary N) is 1. The molecule has 0 bridgehead atoms. The van der Waals surface area contributed by atoms with Gasteiger partial charge in [0.15, 0.2) is 0 Å². The van der Waals surface area contributed by atoms with Crippen LogP contribution in [0.5, 0.6) is 0 Å². The minimum Gasteiger partial charge on any atom is -0.469 e. The fourth-order valence-corrected chi connectivity index (χ4v) is 1.41. The van der Waals surface area contributed by atoms with Crippen molar-refractivity contribution in [1.82, 2.24) is 0 Å². The molecule has 0 spiro atoms. The van der Waals surface area contributed by atoms with E-state index in [2.05, 4.69) is 0 Å². The fourth-order valence-electron chi connectivity index (χ4n) is 1.41. The zero-order valence-electron chi connectivity index (χ0n) is 10.6. The van der Waals surface area contributed by atoms with Gasteiger partial charge in [-0.1, -0.05) is 19.1 Å². The molecule has 1 aromatic carbocycles. The zero-order chi connectivity index (χ0) is 15.1. The molecule has 0 heterocycles. The molecule has 0 saturated carbocycles. The van der Waals surface area contributed by atoms with Crippen LogP contribution in [0.15, 0.2) is 24.3 Å². The van der Waals surface area contributed by atoms with Crippen molar-refractivity contribution in [3.8, 4) is 0 Å². The van der Waals surface area contributed by atoms with E-state index in [1.165, 1.54) is 7.11 Å². The molecule has 0 fully saturated rings. The number of hydrogen-bond acceptors (Lipinski definition) is 5. The normalized spacial score (nSPS) is 12.0. The molecule has 108 valence electrons. The highest BCUT2D eigenvalue weighted by molar-refractivity contribution is 7.79. The Balaban J connectivity index is 0.000000555. The lowest BCUT2D eigenvalue weighted by Gasteiger charge is -2.12. The third-order valence-electron chi connectivity index (χ3n) is 2.23. The molecule has 8 heteroatoms. The molecule has 1 unspecified atom stereocenters. The van der Waals surface area contributed by atoms with E-state index in [4.69, 9.17) is 28.0 Å². The average molecular weight is 291 g/mol. The summed E-state index contributed by atoms with van der Waals surface area (Å²) in [5, 5.41) is 0. The van der Waals surface area contributed by atoms with Crippen molar-refractivity contribution in [3.05, 3.63) is 29.8 Å². The molecule has 1 aromatic rings. The van der Waals surface area contributed by atoms with Crippen LogP contribution in [0.3, 0.4) is 0 Å². The van der Waals surface area contributed by atoms with Crippen LogP contribution in [0.1, 0.15) is 24.8 Å². The number of ether oxygens (including phenoxy) is 1. The predicted octanol–water partition coefficient (Wildman–Crippen LogP) is 1.28. The number of benzene rings is 1. The lowest BCUT2D eigenvalue weighted by molar-refractivity contribution is -0.142. The SMILES string of the molecule is CCC(C(=O)OC)c1ccc(N)cc1.O=S(=O)(O)O. The number of hydrogen-bond donors (Lipinski definition) is 3. The van der Waals surface area contributed by atoms with Crippen molar-refractivity contribution in [3.63, 3.8) is 0 Å². The van der Waals surface area contributed by atoms with Crippen molar-refractivity contribution in [1.29, 1.82) is 0 Å². The van der Waals surface area contributed by atoms with E-state index in [9.17, 15) is 4.79 Å². The third-order valence-corrected chi connectivity index (χ3v) is 2.23. The van der Waals surface area contributed by atoms with Gasteiger partial charge in [0, 0.05) is 5.69 Å². The topological polar surface area (TPSA) is 127 Å². The van der Waals surface area contributed by atoms with E-state index >= 15 is 0 Å². The van der Waals surface area contributed by atoms with Crippen LogP contribution in [-0.4, -0.2) is 30.6 Å². The maximum Gasteiger partial charge on any atom is 0.394 e. The van der Waals surface area contributed by atoms with Gasteiger partial charge in [-0.2, -0.15) is 8.42 Å². The predicted molar refractivity (Wildman–Crippen MR) is 70.1 cm³/mol. The molecule has 0 saturated heterocycles. The second-order valence-corrected chi connectivity index (χ2v) is 4.49. The lowest BCUT2D eigenvalue weighted by Crippen LogP contribution is -2.13. The summed E-state index contributed by atoms with van der Waals surface area (Å²) in [6, 6.07) is 7.31. The molecule has 0 aliphatic heterocycles. The first-order valence-electron chi connectivity index (χ1n) is 5.32. The minimum absolute atomic E-state index is 0.180. The monoisotopic (exact) mass is 291 g/mol. The van der Waals surface area contributed by atoms with Crippen LogP contribution in [-0.2, 0) is 19.9 Å². The maximum absolute atomic E-state index is 11.4. The Morgan fingerprint density at radius 1 is 1.32 bits per heavy atom. The molecule has 19 heavy (non-hydrogen) atoms. The van der Waals surface area contributed by atoms with Gasteiger partial charge in [-0.25, -0.2) is 0 Å². The van der Waals surface area contributed by atoms with Gasteiger partial charge in [-0.3, -0.25) is 13.9 Å². The number of carbonyl (C=O) groups is 1. The van der Waals surface area contributed by atoms with Gasteiger partial charge in [0.2, 0.25) is 0 Å². The number of anilines is 1. The standard InChI is InChI=1S/C11H15NO2.H2O4S/c1-3-10(11(13)14-2)8-4-6-9(12)7-5-8;1-5(2,3)4/h4-7,10H,3,12H2,1-2H3;(H2,1,2,3,4). The van der Waals surface area contributed by atoms with E-state index < -0.39 is 10.4 Å². The van der Waals surface area contributed by atoms with Crippen LogP contribution in [0.4, 0.5) is 5.69 Å². The number of esters is 1. The molecule has 1 atom stereocenters. The number of methoxy groups -OCH3 is 1. The molecular formula is C11H17NO6S. The summed E-state index contributed by atoms with van der Waals surface area (Å²) in [7, 11) is -3.26. The second-order valence-electron chi connectivity index (χ2n) is 3.60. The minimum atomic E-state index is -4.67. The van der Waals surface area contributed by atoms with Crippen molar-refractivity contribution < 1.29 is 27.1 Å². The van der Waals surface area contributed by atoms with Crippen molar-refractivity contribution >= 4 is 22.1 Å². The molecule has 0 amide bonds. The highest BCUT2D eigenvalue weighted by Gasteiger charge is 2.18. The summed E-state index contributed by atoms with van der Waals surface area (Å²) in [4.78, 5) is 11.4.